The van der Waals surface area contributed by atoms with Crippen LogP contribution in [-0.2, 0) is 0 Å². The molecule has 0 aromatic heterocycles. The van der Waals surface area contributed by atoms with Gasteiger partial charge in [0.05, 0.1) is 0 Å². The first-order chi connectivity index (χ1) is 8.63. The van der Waals surface area contributed by atoms with Crippen molar-refractivity contribution >= 4 is 37.5 Å². The minimum absolute atomic E-state index is 0.575. The van der Waals surface area contributed by atoms with Crippen LogP contribution in [0.4, 0.5) is 5.69 Å². The molecule has 2 nitrogen and oxygen atoms in total. The molecule has 1 heterocycles. The molecular weight excluding hydrogens is 356 g/mol. The van der Waals surface area contributed by atoms with Gasteiger partial charge >= 0.3 is 0 Å². The second kappa shape index (κ2) is 5.14. The van der Waals surface area contributed by atoms with Crippen molar-refractivity contribution in [2.45, 2.75) is 44.3 Å². The average molecular weight is 374 g/mol. The van der Waals surface area contributed by atoms with Crippen LogP contribution in [0.2, 0.25) is 0 Å². The maximum atomic E-state index is 3.67. The topological polar surface area (TPSA) is 15.3 Å². The molecule has 98 valence electrons. The number of rotatable bonds is 3. The Hall–Kier alpha value is -0.0600. The molecular formula is C14H18Br2N2. The fraction of sp³-hybridized carbons (Fsp3) is 0.571. The quantitative estimate of drug-likeness (QED) is 0.851. The molecule has 1 saturated heterocycles. The van der Waals surface area contributed by atoms with Gasteiger partial charge in [-0.1, -0.05) is 15.9 Å². The van der Waals surface area contributed by atoms with Crippen LogP contribution >= 0.6 is 31.9 Å². The summed E-state index contributed by atoms with van der Waals surface area (Å²) in [6.45, 7) is 3.54. The summed E-state index contributed by atoms with van der Waals surface area (Å²) in [6.07, 6.45) is 4.05. The smallest absolute Gasteiger partial charge is 0.0498 e. The van der Waals surface area contributed by atoms with Gasteiger partial charge in [-0.2, -0.15) is 0 Å². The molecule has 2 unspecified atom stereocenters. The highest BCUT2D eigenvalue weighted by molar-refractivity contribution is 9.11. The van der Waals surface area contributed by atoms with E-state index in [2.05, 4.69) is 67.2 Å². The highest BCUT2D eigenvalue weighted by Gasteiger charge is 2.38. The number of nitrogens with zero attached hydrogens (tertiary/aromatic N) is 1. The monoisotopic (exact) mass is 372 g/mol. The van der Waals surface area contributed by atoms with Gasteiger partial charge in [-0.25, -0.2) is 0 Å². The molecule has 18 heavy (non-hydrogen) atoms. The van der Waals surface area contributed by atoms with Crippen LogP contribution in [0.25, 0.3) is 0 Å². The lowest BCUT2D eigenvalue weighted by Crippen LogP contribution is -2.31. The van der Waals surface area contributed by atoms with Crippen LogP contribution in [0.1, 0.15) is 26.2 Å². The molecule has 1 aliphatic carbocycles. The summed E-state index contributed by atoms with van der Waals surface area (Å²) in [5, 5.41) is 3.67. The third kappa shape index (κ3) is 2.75. The molecule has 1 N–H and O–H groups in total. The molecule has 0 bridgehead atoms. The zero-order valence-electron chi connectivity index (χ0n) is 10.5. The predicted octanol–water partition coefficient (Wildman–Crippen LogP) is 4.25. The Morgan fingerprint density at radius 2 is 2.06 bits per heavy atom. The van der Waals surface area contributed by atoms with E-state index in [0.29, 0.717) is 6.04 Å². The Labute approximate surface area is 125 Å². The molecule has 2 fully saturated rings. The molecule has 3 rings (SSSR count). The number of likely N-dealkylation sites (tertiary alicyclic amines) is 1. The number of hydrogen-bond acceptors (Lipinski definition) is 2. The van der Waals surface area contributed by atoms with Gasteiger partial charge in [-0.3, -0.25) is 4.90 Å². The zero-order chi connectivity index (χ0) is 12.7. The normalized spacial score (nSPS) is 28.6. The van der Waals surface area contributed by atoms with Crippen molar-refractivity contribution in [2.75, 3.05) is 11.9 Å². The van der Waals surface area contributed by atoms with Crippen molar-refractivity contribution in [2.24, 2.45) is 0 Å². The first-order valence-electron chi connectivity index (χ1n) is 6.61. The zero-order valence-corrected chi connectivity index (χ0v) is 13.7. The van der Waals surface area contributed by atoms with E-state index in [-0.39, 0.29) is 0 Å². The fourth-order valence-electron chi connectivity index (χ4n) is 2.90. The van der Waals surface area contributed by atoms with Crippen molar-refractivity contribution in [3.8, 4) is 0 Å². The third-order valence-corrected chi connectivity index (χ3v) is 5.11. The van der Waals surface area contributed by atoms with Gasteiger partial charge in [0.1, 0.15) is 0 Å². The Bertz CT molecular complexity index is 445. The van der Waals surface area contributed by atoms with E-state index in [4.69, 9.17) is 0 Å². The number of hydrogen-bond donors (Lipinski definition) is 1. The lowest BCUT2D eigenvalue weighted by atomic mass is 10.2. The van der Waals surface area contributed by atoms with Gasteiger partial charge in [0.15, 0.2) is 0 Å². The lowest BCUT2D eigenvalue weighted by Gasteiger charge is -2.20. The summed E-state index contributed by atoms with van der Waals surface area (Å²) in [4.78, 5) is 2.67. The van der Waals surface area contributed by atoms with E-state index in [1.807, 2.05) is 0 Å². The highest BCUT2D eigenvalue weighted by Crippen LogP contribution is 2.35. The summed E-state index contributed by atoms with van der Waals surface area (Å²) in [5.41, 5.74) is 1.19. The van der Waals surface area contributed by atoms with Crippen LogP contribution in [0.5, 0.6) is 0 Å². The van der Waals surface area contributed by atoms with Gasteiger partial charge in [0.25, 0.3) is 0 Å². The summed E-state index contributed by atoms with van der Waals surface area (Å²) in [7, 11) is 0. The van der Waals surface area contributed by atoms with E-state index in [1.54, 1.807) is 0 Å². The molecule has 0 radical (unpaired) electrons. The largest absolute Gasteiger partial charge is 0.380 e. The number of halogens is 2. The Kier molecular flexibility index (Phi) is 3.70. The Balaban J connectivity index is 1.68. The van der Waals surface area contributed by atoms with Gasteiger partial charge in [0, 0.05) is 39.3 Å². The van der Waals surface area contributed by atoms with Crippen LogP contribution in [0.3, 0.4) is 0 Å². The van der Waals surface area contributed by atoms with Crippen LogP contribution < -0.4 is 5.32 Å². The molecule has 1 aromatic rings. The fourth-order valence-corrected chi connectivity index (χ4v) is 3.63. The van der Waals surface area contributed by atoms with Gasteiger partial charge < -0.3 is 5.32 Å². The molecule has 4 heteroatoms. The van der Waals surface area contributed by atoms with Crippen molar-refractivity contribution in [3.63, 3.8) is 0 Å². The summed E-state index contributed by atoms with van der Waals surface area (Å²) >= 11 is 7.14. The second-order valence-corrected chi connectivity index (χ2v) is 7.25. The summed E-state index contributed by atoms with van der Waals surface area (Å²) in [6, 6.07) is 8.46. The van der Waals surface area contributed by atoms with Crippen LogP contribution in [0.15, 0.2) is 27.1 Å². The predicted molar refractivity (Wildman–Crippen MR) is 83.1 cm³/mol. The molecule has 2 atom stereocenters. The van der Waals surface area contributed by atoms with Crippen LogP contribution in [0, 0.1) is 0 Å². The van der Waals surface area contributed by atoms with Crippen molar-refractivity contribution in [1.29, 1.82) is 0 Å². The van der Waals surface area contributed by atoms with Gasteiger partial charge in [0.2, 0.25) is 0 Å². The maximum absolute atomic E-state index is 3.67. The lowest BCUT2D eigenvalue weighted by molar-refractivity contribution is 0.257. The molecule has 1 aromatic carbocycles. The molecule has 0 amide bonds. The average Bonchev–Trinajstić information content (AvgIpc) is 3.09. The van der Waals surface area contributed by atoms with Crippen LogP contribution in [-0.4, -0.2) is 29.6 Å². The SMILES string of the molecule is CC1CC(Nc2cc(Br)ccc2Br)CN1C1CC1. The Morgan fingerprint density at radius 1 is 1.28 bits per heavy atom. The molecule has 1 aliphatic heterocycles. The first-order valence-corrected chi connectivity index (χ1v) is 8.19. The van der Waals surface area contributed by atoms with Gasteiger partial charge in [-0.15, -0.1) is 0 Å². The van der Waals surface area contributed by atoms with Crippen molar-refractivity contribution in [1.82, 2.24) is 4.90 Å². The van der Waals surface area contributed by atoms with E-state index < -0.39 is 0 Å². The number of anilines is 1. The molecule has 2 aliphatic rings. The minimum Gasteiger partial charge on any atom is -0.380 e. The van der Waals surface area contributed by atoms with E-state index in [9.17, 15) is 0 Å². The second-order valence-electron chi connectivity index (χ2n) is 5.48. The number of nitrogens with one attached hydrogen (secondary N) is 1. The summed E-state index contributed by atoms with van der Waals surface area (Å²) < 4.78 is 2.27. The van der Waals surface area contributed by atoms with E-state index in [1.165, 1.54) is 31.5 Å². The van der Waals surface area contributed by atoms with Gasteiger partial charge in [-0.05, 0) is 60.3 Å². The maximum Gasteiger partial charge on any atom is 0.0498 e. The third-order valence-electron chi connectivity index (χ3n) is 3.93. The first kappa shape index (κ1) is 12.9. The summed E-state index contributed by atoms with van der Waals surface area (Å²) in [5.74, 6) is 0. The Morgan fingerprint density at radius 3 is 2.78 bits per heavy atom. The standard InChI is InChI=1S/C14H18Br2N2/c1-9-6-11(8-18(9)12-3-4-12)17-14-7-10(15)2-5-13(14)16/h2,5,7,9,11-12,17H,3-4,6,8H2,1H3. The minimum atomic E-state index is 0.575. The van der Waals surface area contributed by atoms with Crippen molar-refractivity contribution in [3.05, 3.63) is 27.1 Å². The number of benzene rings is 1. The highest BCUT2D eigenvalue weighted by atomic mass is 79.9. The molecule has 1 saturated carbocycles. The van der Waals surface area contributed by atoms with Crippen molar-refractivity contribution < 1.29 is 0 Å². The van der Waals surface area contributed by atoms with E-state index >= 15 is 0 Å². The molecule has 0 spiro atoms. The van der Waals surface area contributed by atoms with E-state index in [0.717, 1.165) is 21.0 Å².